The fourth-order valence-electron chi connectivity index (χ4n) is 3.05. The van der Waals surface area contributed by atoms with Crippen LogP contribution in [0.5, 0.6) is 0 Å². The number of furan rings is 1. The summed E-state index contributed by atoms with van der Waals surface area (Å²) < 4.78 is 13.6. The fraction of sp³-hybridized carbons (Fsp3) is 0.190. The SMILES string of the molecule is OCCOCCn1cnc(-c2ccccc2)c1-c1cc2ccccc2o1. The van der Waals surface area contributed by atoms with Crippen LogP contribution in [0.1, 0.15) is 0 Å². The van der Waals surface area contributed by atoms with Crippen LogP contribution in [0, 0.1) is 0 Å². The van der Waals surface area contributed by atoms with E-state index in [0.717, 1.165) is 33.7 Å². The standard InChI is InChI=1S/C21H20N2O3/c24-11-13-25-12-10-23-15-22-20(16-6-2-1-3-7-16)21(23)19-14-17-8-4-5-9-18(17)26-19/h1-9,14-15,24H,10-13H2. The van der Waals surface area contributed by atoms with Crippen LogP contribution in [0.3, 0.4) is 0 Å². The first-order chi connectivity index (χ1) is 12.9. The van der Waals surface area contributed by atoms with Gasteiger partial charge in [-0.2, -0.15) is 0 Å². The lowest BCUT2D eigenvalue weighted by Crippen LogP contribution is -2.08. The molecule has 2 heterocycles. The lowest BCUT2D eigenvalue weighted by molar-refractivity contribution is 0.0871. The molecule has 0 radical (unpaired) electrons. The van der Waals surface area contributed by atoms with Gasteiger partial charge < -0.3 is 18.8 Å². The van der Waals surface area contributed by atoms with E-state index in [2.05, 4.69) is 4.98 Å². The van der Waals surface area contributed by atoms with Crippen molar-refractivity contribution in [1.82, 2.24) is 9.55 Å². The first-order valence-electron chi connectivity index (χ1n) is 8.65. The Hall–Kier alpha value is -2.89. The molecule has 0 bridgehead atoms. The van der Waals surface area contributed by atoms with E-state index in [0.29, 0.717) is 19.8 Å². The second kappa shape index (κ2) is 7.56. The average Bonchev–Trinajstić information content (AvgIpc) is 3.29. The molecule has 0 amide bonds. The van der Waals surface area contributed by atoms with E-state index in [-0.39, 0.29) is 6.61 Å². The number of imidazole rings is 1. The Labute approximate surface area is 151 Å². The van der Waals surface area contributed by atoms with E-state index in [9.17, 15) is 0 Å². The Morgan fingerprint density at radius 1 is 1.00 bits per heavy atom. The number of fused-ring (bicyclic) bond motifs is 1. The highest BCUT2D eigenvalue weighted by Gasteiger charge is 2.18. The Morgan fingerprint density at radius 3 is 2.62 bits per heavy atom. The molecule has 0 aliphatic carbocycles. The second-order valence-electron chi connectivity index (χ2n) is 5.99. The first kappa shape index (κ1) is 16.6. The van der Waals surface area contributed by atoms with Gasteiger partial charge in [0.15, 0.2) is 5.76 Å². The molecule has 0 saturated carbocycles. The number of aromatic nitrogens is 2. The van der Waals surface area contributed by atoms with Gasteiger partial charge >= 0.3 is 0 Å². The first-order valence-corrected chi connectivity index (χ1v) is 8.65. The molecule has 132 valence electrons. The van der Waals surface area contributed by atoms with Gasteiger partial charge in [0.1, 0.15) is 11.3 Å². The molecule has 5 nitrogen and oxygen atoms in total. The monoisotopic (exact) mass is 348 g/mol. The number of hydrogen-bond donors (Lipinski definition) is 1. The number of ether oxygens (including phenoxy) is 1. The van der Waals surface area contributed by atoms with E-state index in [4.69, 9.17) is 14.3 Å². The maximum absolute atomic E-state index is 8.87. The number of nitrogens with zero attached hydrogens (tertiary/aromatic N) is 2. The molecular weight excluding hydrogens is 328 g/mol. The van der Waals surface area contributed by atoms with Crippen molar-refractivity contribution in [1.29, 1.82) is 0 Å². The molecule has 0 atom stereocenters. The van der Waals surface area contributed by atoms with Gasteiger partial charge in [-0.1, -0.05) is 48.5 Å². The lowest BCUT2D eigenvalue weighted by atomic mass is 10.1. The van der Waals surface area contributed by atoms with Crippen molar-refractivity contribution < 1.29 is 14.3 Å². The third-order valence-corrected chi connectivity index (χ3v) is 4.26. The van der Waals surface area contributed by atoms with Crippen molar-refractivity contribution >= 4 is 11.0 Å². The Bertz CT molecular complexity index is 956. The minimum Gasteiger partial charge on any atom is -0.454 e. The molecule has 0 aliphatic rings. The maximum Gasteiger partial charge on any atom is 0.154 e. The largest absolute Gasteiger partial charge is 0.454 e. The quantitative estimate of drug-likeness (QED) is 0.513. The maximum atomic E-state index is 8.87. The Morgan fingerprint density at radius 2 is 1.81 bits per heavy atom. The van der Waals surface area contributed by atoms with Crippen molar-refractivity contribution in [2.45, 2.75) is 6.54 Å². The Kier molecular flexibility index (Phi) is 4.82. The van der Waals surface area contributed by atoms with Crippen molar-refractivity contribution in [3.8, 4) is 22.7 Å². The molecule has 0 saturated heterocycles. The van der Waals surface area contributed by atoms with Gasteiger partial charge in [0.05, 0.1) is 31.8 Å². The minimum atomic E-state index is 0.0234. The molecule has 5 heteroatoms. The summed E-state index contributed by atoms with van der Waals surface area (Å²) in [6.45, 7) is 1.49. The molecular formula is C21H20N2O3. The summed E-state index contributed by atoms with van der Waals surface area (Å²) >= 11 is 0. The predicted octanol–water partition coefficient (Wildman–Crippen LogP) is 3.97. The average molecular weight is 348 g/mol. The molecule has 26 heavy (non-hydrogen) atoms. The minimum absolute atomic E-state index is 0.0234. The van der Waals surface area contributed by atoms with E-state index >= 15 is 0 Å². The van der Waals surface area contributed by atoms with Crippen LogP contribution in [0.25, 0.3) is 33.7 Å². The lowest BCUT2D eigenvalue weighted by Gasteiger charge is -2.08. The second-order valence-corrected chi connectivity index (χ2v) is 5.99. The van der Waals surface area contributed by atoms with Crippen LogP contribution in [-0.2, 0) is 11.3 Å². The third kappa shape index (κ3) is 3.27. The fourth-order valence-corrected chi connectivity index (χ4v) is 3.05. The molecule has 0 spiro atoms. The van der Waals surface area contributed by atoms with E-state index in [1.165, 1.54) is 0 Å². The Balaban J connectivity index is 1.77. The number of aliphatic hydroxyl groups is 1. The molecule has 1 N–H and O–H groups in total. The molecule has 4 rings (SSSR count). The summed E-state index contributed by atoms with van der Waals surface area (Å²) in [5, 5.41) is 9.93. The van der Waals surface area contributed by atoms with Crippen molar-refractivity contribution in [3.05, 3.63) is 67.0 Å². The predicted molar refractivity (Wildman–Crippen MR) is 101 cm³/mol. The van der Waals surface area contributed by atoms with Crippen LogP contribution < -0.4 is 0 Å². The van der Waals surface area contributed by atoms with Gasteiger partial charge in [-0.3, -0.25) is 0 Å². The van der Waals surface area contributed by atoms with E-state index < -0.39 is 0 Å². The number of aliphatic hydroxyl groups excluding tert-OH is 1. The highest BCUT2D eigenvalue weighted by Crippen LogP contribution is 2.34. The van der Waals surface area contributed by atoms with Gasteiger partial charge in [0, 0.05) is 17.5 Å². The summed E-state index contributed by atoms with van der Waals surface area (Å²) in [7, 11) is 0. The summed E-state index contributed by atoms with van der Waals surface area (Å²) in [6, 6.07) is 20.1. The molecule has 2 aromatic carbocycles. The topological polar surface area (TPSA) is 60.4 Å². The van der Waals surface area contributed by atoms with Crippen molar-refractivity contribution in [2.75, 3.05) is 19.8 Å². The smallest absolute Gasteiger partial charge is 0.154 e. The summed E-state index contributed by atoms with van der Waals surface area (Å²) in [5.41, 5.74) is 3.70. The molecule has 4 aromatic rings. The van der Waals surface area contributed by atoms with Crippen molar-refractivity contribution in [3.63, 3.8) is 0 Å². The summed E-state index contributed by atoms with van der Waals surface area (Å²) in [5.74, 6) is 0.782. The molecule has 0 fully saturated rings. The van der Waals surface area contributed by atoms with Crippen LogP contribution in [0.15, 0.2) is 71.4 Å². The zero-order chi connectivity index (χ0) is 17.8. The van der Waals surface area contributed by atoms with Crippen molar-refractivity contribution in [2.24, 2.45) is 0 Å². The van der Waals surface area contributed by atoms with Gasteiger partial charge in [-0.05, 0) is 12.1 Å². The van der Waals surface area contributed by atoms with Crippen LogP contribution >= 0.6 is 0 Å². The summed E-state index contributed by atoms with van der Waals surface area (Å²) in [4.78, 5) is 4.63. The van der Waals surface area contributed by atoms with Gasteiger partial charge in [-0.15, -0.1) is 0 Å². The number of hydrogen-bond acceptors (Lipinski definition) is 4. The number of para-hydroxylation sites is 1. The van der Waals surface area contributed by atoms with Crippen LogP contribution in [0.2, 0.25) is 0 Å². The van der Waals surface area contributed by atoms with Crippen LogP contribution in [0.4, 0.5) is 0 Å². The molecule has 0 aliphatic heterocycles. The highest BCUT2D eigenvalue weighted by atomic mass is 16.5. The van der Waals surface area contributed by atoms with Gasteiger partial charge in [-0.25, -0.2) is 4.98 Å². The number of benzene rings is 2. The highest BCUT2D eigenvalue weighted by molar-refractivity contribution is 5.85. The van der Waals surface area contributed by atoms with Gasteiger partial charge in [0.2, 0.25) is 0 Å². The molecule has 0 unspecified atom stereocenters. The van der Waals surface area contributed by atoms with Crippen LogP contribution in [-0.4, -0.2) is 34.5 Å². The number of rotatable bonds is 7. The third-order valence-electron chi connectivity index (χ3n) is 4.26. The molecule has 2 aromatic heterocycles. The zero-order valence-corrected chi connectivity index (χ0v) is 14.3. The van der Waals surface area contributed by atoms with E-state index in [1.54, 1.807) is 0 Å². The van der Waals surface area contributed by atoms with Gasteiger partial charge in [0.25, 0.3) is 0 Å². The zero-order valence-electron chi connectivity index (χ0n) is 14.3. The summed E-state index contributed by atoms with van der Waals surface area (Å²) in [6.07, 6.45) is 1.81. The van der Waals surface area contributed by atoms with E-state index in [1.807, 2.05) is 71.6 Å². The normalized spacial score (nSPS) is 11.3.